The smallest absolute Gasteiger partial charge is 0.254 e. The Morgan fingerprint density at radius 3 is 2.65 bits per heavy atom. The molecule has 1 aromatic carbocycles. The average molecular weight is 276 g/mol. The SMILES string of the molecule is COc1cc(N)cc(C(=O)N(CCC(C)C)C2CC2)c1. The Morgan fingerprint density at radius 1 is 1.40 bits per heavy atom. The van der Waals surface area contributed by atoms with Crippen molar-refractivity contribution in [3.05, 3.63) is 23.8 Å². The largest absolute Gasteiger partial charge is 0.497 e. The Bertz CT molecular complexity index is 481. The Hall–Kier alpha value is -1.71. The van der Waals surface area contributed by atoms with E-state index in [2.05, 4.69) is 13.8 Å². The molecule has 2 N–H and O–H groups in total. The molecule has 1 aromatic rings. The highest BCUT2D eigenvalue weighted by Gasteiger charge is 2.33. The van der Waals surface area contributed by atoms with Crippen molar-refractivity contribution >= 4 is 11.6 Å². The lowest BCUT2D eigenvalue weighted by Gasteiger charge is -2.24. The van der Waals surface area contributed by atoms with Crippen LogP contribution in [0.2, 0.25) is 0 Å². The van der Waals surface area contributed by atoms with Gasteiger partial charge in [0.15, 0.2) is 0 Å². The number of nitrogens with zero attached hydrogens (tertiary/aromatic N) is 1. The third-order valence-electron chi connectivity index (χ3n) is 3.61. The van der Waals surface area contributed by atoms with Crippen molar-refractivity contribution in [2.24, 2.45) is 5.92 Å². The minimum Gasteiger partial charge on any atom is -0.497 e. The van der Waals surface area contributed by atoms with E-state index in [4.69, 9.17) is 10.5 Å². The third-order valence-corrected chi connectivity index (χ3v) is 3.61. The summed E-state index contributed by atoms with van der Waals surface area (Å²) in [7, 11) is 1.58. The van der Waals surface area contributed by atoms with Gasteiger partial charge < -0.3 is 15.4 Å². The predicted molar refractivity (Wildman–Crippen MR) is 80.9 cm³/mol. The summed E-state index contributed by atoms with van der Waals surface area (Å²) in [5.41, 5.74) is 7.02. The fourth-order valence-electron chi connectivity index (χ4n) is 2.26. The molecule has 0 saturated heterocycles. The van der Waals surface area contributed by atoms with Crippen molar-refractivity contribution in [1.29, 1.82) is 0 Å². The van der Waals surface area contributed by atoms with Crippen LogP contribution in [0.5, 0.6) is 5.75 Å². The van der Waals surface area contributed by atoms with E-state index < -0.39 is 0 Å². The molecule has 0 radical (unpaired) electrons. The van der Waals surface area contributed by atoms with Gasteiger partial charge in [0.2, 0.25) is 0 Å². The number of carbonyl (C=O) groups is 1. The number of nitrogen functional groups attached to an aromatic ring is 1. The molecule has 20 heavy (non-hydrogen) atoms. The Kier molecular flexibility index (Phi) is 4.53. The van der Waals surface area contributed by atoms with Crippen LogP contribution in [-0.4, -0.2) is 30.5 Å². The lowest BCUT2D eigenvalue weighted by molar-refractivity contribution is 0.0735. The number of amides is 1. The second-order valence-corrected chi connectivity index (χ2v) is 5.91. The normalized spacial score (nSPS) is 14.4. The second-order valence-electron chi connectivity index (χ2n) is 5.91. The molecule has 0 heterocycles. The molecule has 1 fully saturated rings. The second kappa shape index (κ2) is 6.16. The number of hydrogen-bond acceptors (Lipinski definition) is 3. The Balaban J connectivity index is 2.16. The molecule has 1 saturated carbocycles. The van der Waals surface area contributed by atoms with Crippen LogP contribution in [0.3, 0.4) is 0 Å². The maximum absolute atomic E-state index is 12.7. The first-order valence-corrected chi connectivity index (χ1v) is 7.26. The number of carbonyl (C=O) groups excluding carboxylic acids is 1. The maximum atomic E-state index is 12.7. The zero-order valence-corrected chi connectivity index (χ0v) is 12.6. The van der Waals surface area contributed by atoms with Gasteiger partial charge in [-0.25, -0.2) is 0 Å². The van der Waals surface area contributed by atoms with E-state index in [9.17, 15) is 4.79 Å². The summed E-state index contributed by atoms with van der Waals surface area (Å²) < 4.78 is 5.19. The van der Waals surface area contributed by atoms with E-state index in [1.54, 1.807) is 25.3 Å². The quantitative estimate of drug-likeness (QED) is 0.813. The molecule has 0 aromatic heterocycles. The predicted octanol–water partition coefficient (Wildman–Crippen LogP) is 2.93. The van der Waals surface area contributed by atoms with E-state index >= 15 is 0 Å². The number of benzene rings is 1. The fraction of sp³-hybridized carbons (Fsp3) is 0.562. The van der Waals surface area contributed by atoms with E-state index in [-0.39, 0.29) is 5.91 Å². The van der Waals surface area contributed by atoms with Gasteiger partial charge in [-0.15, -0.1) is 0 Å². The summed E-state index contributed by atoms with van der Waals surface area (Å²) in [4.78, 5) is 14.7. The summed E-state index contributed by atoms with van der Waals surface area (Å²) in [5, 5.41) is 0. The Labute approximate surface area is 120 Å². The van der Waals surface area contributed by atoms with Gasteiger partial charge >= 0.3 is 0 Å². The van der Waals surface area contributed by atoms with Gasteiger partial charge in [-0.2, -0.15) is 0 Å². The van der Waals surface area contributed by atoms with E-state index in [0.717, 1.165) is 25.8 Å². The molecule has 0 unspecified atom stereocenters. The Morgan fingerprint density at radius 2 is 2.10 bits per heavy atom. The molecule has 0 atom stereocenters. The van der Waals surface area contributed by atoms with Gasteiger partial charge in [0.25, 0.3) is 5.91 Å². The molecule has 0 spiro atoms. The number of ether oxygens (including phenoxy) is 1. The van der Waals surface area contributed by atoms with Crippen molar-refractivity contribution in [1.82, 2.24) is 4.90 Å². The average Bonchev–Trinajstić information content (AvgIpc) is 3.22. The minimum atomic E-state index is 0.0683. The molecule has 4 nitrogen and oxygen atoms in total. The highest BCUT2D eigenvalue weighted by Crippen LogP contribution is 2.30. The number of methoxy groups -OCH3 is 1. The zero-order chi connectivity index (χ0) is 14.7. The molecular weight excluding hydrogens is 252 g/mol. The maximum Gasteiger partial charge on any atom is 0.254 e. The van der Waals surface area contributed by atoms with Crippen molar-refractivity contribution in [2.75, 3.05) is 19.4 Å². The van der Waals surface area contributed by atoms with Crippen molar-refractivity contribution in [3.8, 4) is 5.75 Å². The van der Waals surface area contributed by atoms with Crippen LogP contribution < -0.4 is 10.5 Å². The zero-order valence-electron chi connectivity index (χ0n) is 12.6. The van der Waals surface area contributed by atoms with Crippen molar-refractivity contribution < 1.29 is 9.53 Å². The summed E-state index contributed by atoms with van der Waals surface area (Å²) in [6.07, 6.45) is 3.26. The molecule has 0 aliphatic heterocycles. The van der Waals surface area contributed by atoms with Crippen molar-refractivity contribution in [3.63, 3.8) is 0 Å². The molecule has 1 aliphatic carbocycles. The lowest BCUT2D eigenvalue weighted by Crippen LogP contribution is -2.34. The topological polar surface area (TPSA) is 55.6 Å². The molecule has 0 bridgehead atoms. The molecule has 4 heteroatoms. The van der Waals surface area contributed by atoms with Gasteiger partial charge in [0.05, 0.1) is 7.11 Å². The van der Waals surface area contributed by atoms with Gasteiger partial charge in [-0.05, 0) is 37.3 Å². The molecule has 1 amide bonds. The lowest BCUT2D eigenvalue weighted by atomic mass is 10.1. The molecule has 1 aliphatic rings. The van der Waals surface area contributed by atoms with Crippen LogP contribution >= 0.6 is 0 Å². The fourth-order valence-corrected chi connectivity index (χ4v) is 2.26. The number of rotatable bonds is 6. The number of nitrogens with two attached hydrogens (primary N) is 1. The van der Waals surface area contributed by atoms with Gasteiger partial charge in [-0.3, -0.25) is 4.79 Å². The first-order valence-electron chi connectivity index (χ1n) is 7.26. The van der Waals surface area contributed by atoms with Crippen LogP contribution in [0.25, 0.3) is 0 Å². The summed E-state index contributed by atoms with van der Waals surface area (Å²) in [6.45, 7) is 5.18. The van der Waals surface area contributed by atoms with E-state index in [1.807, 2.05) is 4.90 Å². The molecule has 2 rings (SSSR count). The van der Waals surface area contributed by atoms with Crippen LogP contribution in [-0.2, 0) is 0 Å². The van der Waals surface area contributed by atoms with E-state index in [1.165, 1.54) is 0 Å². The first-order chi connectivity index (χ1) is 9.51. The van der Waals surface area contributed by atoms with Gasteiger partial charge in [0, 0.05) is 29.9 Å². The minimum absolute atomic E-state index is 0.0683. The highest BCUT2D eigenvalue weighted by molar-refractivity contribution is 5.96. The summed E-state index contributed by atoms with van der Waals surface area (Å²) in [6, 6.07) is 5.64. The third kappa shape index (κ3) is 3.65. The standard InChI is InChI=1S/C16H24N2O2/c1-11(2)6-7-18(14-4-5-14)16(19)12-8-13(17)10-15(9-12)20-3/h8-11,14H,4-7,17H2,1-3H3. The van der Waals surface area contributed by atoms with Gasteiger partial charge in [-0.1, -0.05) is 13.8 Å². The number of hydrogen-bond donors (Lipinski definition) is 1. The van der Waals surface area contributed by atoms with Crippen molar-refractivity contribution in [2.45, 2.75) is 39.2 Å². The van der Waals surface area contributed by atoms with Gasteiger partial charge in [0.1, 0.15) is 5.75 Å². The number of anilines is 1. The monoisotopic (exact) mass is 276 g/mol. The van der Waals surface area contributed by atoms with Crippen LogP contribution in [0, 0.1) is 5.92 Å². The van der Waals surface area contributed by atoms with Crippen LogP contribution in [0.4, 0.5) is 5.69 Å². The van der Waals surface area contributed by atoms with E-state index in [0.29, 0.717) is 29.0 Å². The summed E-state index contributed by atoms with van der Waals surface area (Å²) >= 11 is 0. The first kappa shape index (κ1) is 14.7. The highest BCUT2D eigenvalue weighted by atomic mass is 16.5. The summed E-state index contributed by atoms with van der Waals surface area (Å²) in [5.74, 6) is 1.30. The molecular formula is C16H24N2O2. The van der Waals surface area contributed by atoms with Crippen LogP contribution in [0.15, 0.2) is 18.2 Å². The molecule has 110 valence electrons. The van der Waals surface area contributed by atoms with Crippen LogP contribution in [0.1, 0.15) is 43.5 Å².